The number of anilines is 1. The van der Waals surface area contributed by atoms with E-state index in [4.69, 9.17) is 4.74 Å². The van der Waals surface area contributed by atoms with E-state index in [2.05, 4.69) is 10.6 Å². The summed E-state index contributed by atoms with van der Waals surface area (Å²) in [7, 11) is 1.62. The van der Waals surface area contributed by atoms with Crippen molar-refractivity contribution in [2.75, 3.05) is 19.0 Å². The molecule has 2 amide bonds. The normalized spacial score (nSPS) is 10.1. The maximum Gasteiger partial charge on any atom is 0.251 e. The second kappa shape index (κ2) is 8.72. The van der Waals surface area contributed by atoms with Crippen LogP contribution in [0.25, 0.3) is 0 Å². The van der Waals surface area contributed by atoms with Gasteiger partial charge in [-0.15, -0.1) is 0 Å². The van der Waals surface area contributed by atoms with Crippen LogP contribution in [0, 0.1) is 0 Å². The first-order valence-electron chi connectivity index (χ1n) is 7.94. The third-order valence-corrected chi connectivity index (χ3v) is 3.56. The van der Waals surface area contributed by atoms with Crippen LogP contribution in [0.1, 0.15) is 29.3 Å². The Labute approximate surface area is 142 Å². The van der Waals surface area contributed by atoms with Crippen molar-refractivity contribution in [3.8, 4) is 5.75 Å². The lowest BCUT2D eigenvalue weighted by atomic mass is 10.1. The molecule has 0 saturated heterocycles. The molecule has 0 aliphatic heterocycles. The van der Waals surface area contributed by atoms with Crippen LogP contribution in [0.4, 0.5) is 5.69 Å². The van der Waals surface area contributed by atoms with Gasteiger partial charge in [-0.1, -0.05) is 24.3 Å². The summed E-state index contributed by atoms with van der Waals surface area (Å²) in [5.41, 5.74) is 2.13. The van der Waals surface area contributed by atoms with Crippen molar-refractivity contribution in [2.24, 2.45) is 0 Å². The van der Waals surface area contributed by atoms with Crippen molar-refractivity contribution >= 4 is 17.5 Å². The number of nitrogens with one attached hydrogen (secondary N) is 2. The van der Waals surface area contributed by atoms with Gasteiger partial charge in [0.25, 0.3) is 5.91 Å². The molecular formula is C19H22N2O3. The molecule has 0 unspecified atom stereocenters. The molecule has 2 aromatic rings. The fourth-order valence-electron chi connectivity index (χ4n) is 2.38. The van der Waals surface area contributed by atoms with Crippen molar-refractivity contribution in [1.29, 1.82) is 0 Å². The molecule has 0 fully saturated rings. The van der Waals surface area contributed by atoms with Crippen LogP contribution in [0.2, 0.25) is 0 Å². The van der Waals surface area contributed by atoms with Gasteiger partial charge in [0, 0.05) is 24.2 Å². The zero-order chi connectivity index (χ0) is 17.4. The van der Waals surface area contributed by atoms with Gasteiger partial charge in [0.1, 0.15) is 5.75 Å². The predicted molar refractivity (Wildman–Crippen MR) is 94.4 cm³/mol. The van der Waals surface area contributed by atoms with Crippen LogP contribution >= 0.6 is 0 Å². The Kier molecular flexibility index (Phi) is 6.37. The van der Waals surface area contributed by atoms with Crippen LogP contribution in [-0.2, 0) is 11.2 Å². The lowest BCUT2D eigenvalue weighted by Crippen LogP contribution is -2.22. The molecule has 0 aliphatic carbocycles. The number of benzene rings is 2. The maximum absolute atomic E-state index is 12.1. The van der Waals surface area contributed by atoms with Gasteiger partial charge in [-0.3, -0.25) is 9.59 Å². The highest BCUT2D eigenvalue weighted by Gasteiger charge is 2.09. The molecule has 5 heteroatoms. The molecule has 0 aliphatic rings. The third-order valence-electron chi connectivity index (χ3n) is 3.56. The predicted octanol–water partition coefficient (Wildman–Crippen LogP) is 3.02. The number of rotatable bonds is 7. The van der Waals surface area contributed by atoms with Gasteiger partial charge < -0.3 is 15.4 Å². The average Bonchev–Trinajstić information content (AvgIpc) is 2.60. The van der Waals surface area contributed by atoms with Crippen molar-refractivity contribution in [3.05, 3.63) is 59.7 Å². The van der Waals surface area contributed by atoms with Crippen molar-refractivity contribution in [3.63, 3.8) is 0 Å². The van der Waals surface area contributed by atoms with Gasteiger partial charge >= 0.3 is 0 Å². The van der Waals surface area contributed by atoms with E-state index in [-0.39, 0.29) is 11.8 Å². The summed E-state index contributed by atoms with van der Waals surface area (Å²) < 4.78 is 5.28. The minimum absolute atomic E-state index is 0.103. The minimum Gasteiger partial charge on any atom is -0.496 e. The molecule has 2 rings (SSSR count). The Hall–Kier alpha value is -2.82. The summed E-state index contributed by atoms with van der Waals surface area (Å²) in [4.78, 5) is 24.0. The first-order valence-corrected chi connectivity index (χ1v) is 7.94. The molecule has 24 heavy (non-hydrogen) atoms. The third kappa shape index (κ3) is 4.84. The quantitative estimate of drug-likeness (QED) is 0.822. The molecule has 0 aromatic heterocycles. The Morgan fingerprint density at radius 2 is 1.88 bits per heavy atom. The van der Waals surface area contributed by atoms with E-state index >= 15 is 0 Å². The smallest absolute Gasteiger partial charge is 0.251 e. The SMILES string of the molecule is CCNC(=O)c1cccc(NC(=O)CCc2ccccc2OC)c1. The lowest BCUT2D eigenvalue weighted by molar-refractivity contribution is -0.116. The average molecular weight is 326 g/mol. The van der Waals surface area contributed by atoms with E-state index in [9.17, 15) is 9.59 Å². The zero-order valence-corrected chi connectivity index (χ0v) is 14.0. The first kappa shape index (κ1) is 17.5. The molecule has 5 nitrogen and oxygen atoms in total. The number of hydrogen-bond acceptors (Lipinski definition) is 3. The van der Waals surface area contributed by atoms with E-state index in [1.165, 1.54) is 0 Å². The minimum atomic E-state index is -0.150. The molecule has 0 radical (unpaired) electrons. The van der Waals surface area contributed by atoms with Crippen molar-refractivity contribution < 1.29 is 14.3 Å². The number of methoxy groups -OCH3 is 1. The Morgan fingerprint density at radius 3 is 2.62 bits per heavy atom. The van der Waals surface area contributed by atoms with Gasteiger partial charge in [-0.25, -0.2) is 0 Å². The second-order valence-electron chi connectivity index (χ2n) is 5.30. The van der Waals surface area contributed by atoms with E-state index < -0.39 is 0 Å². The number of carbonyl (C=O) groups excluding carboxylic acids is 2. The molecule has 0 heterocycles. The standard InChI is InChI=1S/C19H22N2O3/c1-3-20-19(23)15-8-6-9-16(13-15)21-18(22)12-11-14-7-4-5-10-17(14)24-2/h4-10,13H,3,11-12H2,1-2H3,(H,20,23)(H,21,22). The van der Waals surface area contributed by atoms with Gasteiger partial charge in [0.05, 0.1) is 7.11 Å². The maximum atomic E-state index is 12.1. The van der Waals surface area contributed by atoms with E-state index in [1.54, 1.807) is 31.4 Å². The lowest BCUT2D eigenvalue weighted by Gasteiger charge is -2.09. The van der Waals surface area contributed by atoms with Gasteiger partial charge in [-0.2, -0.15) is 0 Å². The van der Waals surface area contributed by atoms with Crippen molar-refractivity contribution in [1.82, 2.24) is 5.32 Å². The monoisotopic (exact) mass is 326 g/mol. The first-order chi connectivity index (χ1) is 11.6. The van der Waals surface area contributed by atoms with Crippen LogP contribution in [0.5, 0.6) is 5.75 Å². The Balaban J connectivity index is 1.95. The van der Waals surface area contributed by atoms with Crippen LogP contribution < -0.4 is 15.4 Å². The van der Waals surface area contributed by atoms with E-state index in [1.807, 2.05) is 31.2 Å². The Morgan fingerprint density at radius 1 is 1.08 bits per heavy atom. The number of carbonyl (C=O) groups is 2. The summed E-state index contributed by atoms with van der Waals surface area (Å²) >= 11 is 0. The number of para-hydroxylation sites is 1. The summed E-state index contributed by atoms with van der Waals surface area (Å²) in [6, 6.07) is 14.6. The van der Waals surface area contributed by atoms with Gasteiger partial charge in [-0.05, 0) is 43.2 Å². The molecule has 2 aromatic carbocycles. The largest absolute Gasteiger partial charge is 0.496 e. The Bertz CT molecular complexity index is 713. The fourth-order valence-corrected chi connectivity index (χ4v) is 2.38. The fraction of sp³-hybridized carbons (Fsp3) is 0.263. The number of aryl methyl sites for hydroxylation is 1. The summed E-state index contributed by atoms with van der Waals surface area (Å²) in [5, 5.41) is 5.56. The summed E-state index contributed by atoms with van der Waals surface area (Å²) in [6.07, 6.45) is 0.928. The molecule has 0 bridgehead atoms. The second-order valence-corrected chi connectivity index (χ2v) is 5.30. The van der Waals surface area contributed by atoms with Crippen LogP contribution in [0.15, 0.2) is 48.5 Å². The molecule has 2 N–H and O–H groups in total. The highest BCUT2D eigenvalue weighted by Crippen LogP contribution is 2.19. The van der Waals surface area contributed by atoms with Gasteiger partial charge in [0.2, 0.25) is 5.91 Å². The summed E-state index contributed by atoms with van der Waals surface area (Å²) in [5.74, 6) is 0.528. The highest BCUT2D eigenvalue weighted by molar-refractivity contribution is 5.97. The van der Waals surface area contributed by atoms with Crippen LogP contribution in [0.3, 0.4) is 0 Å². The zero-order valence-electron chi connectivity index (χ0n) is 14.0. The topological polar surface area (TPSA) is 67.4 Å². The van der Waals surface area contributed by atoms with E-state index in [0.29, 0.717) is 30.6 Å². The number of amides is 2. The summed E-state index contributed by atoms with van der Waals surface area (Å²) in [6.45, 7) is 2.43. The van der Waals surface area contributed by atoms with E-state index in [0.717, 1.165) is 11.3 Å². The highest BCUT2D eigenvalue weighted by atomic mass is 16.5. The van der Waals surface area contributed by atoms with Crippen LogP contribution in [-0.4, -0.2) is 25.5 Å². The molecule has 0 atom stereocenters. The van der Waals surface area contributed by atoms with Crippen molar-refractivity contribution in [2.45, 2.75) is 19.8 Å². The molecule has 0 spiro atoms. The number of hydrogen-bond donors (Lipinski definition) is 2. The molecule has 0 saturated carbocycles. The van der Waals surface area contributed by atoms with Gasteiger partial charge in [0.15, 0.2) is 0 Å². The molecular weight excluding hydrogens is 304 g/mol. The number of ether oxygens (including phenoxy) is 1. The molecule has 126 valence electrons.